The van der Waals surface area contributed by atoms with Crippen molar-refractivity contribution in [1.29, 1.82) is 0 Å². The molecule has 1 heterocycles. The summed E-state index contributed by atoms with van der Waals surface area (Å²) in [7, 11) is 0. The predicted octanol–water partition coefficient (Wildman–Crippen LogP) is 6.64. The number of rotatable bonds is 4. The van der Waals surface area contributed by atoms with Gasteiger partial charge in [0, 0.05) is 16.5 Å². The Kier molecular flexibility index (Phi) is 8.02. The average Bonchev–Trinajstić information content (AvgIpc) is 2.73. The average molecular weight is 565 g/mol. The number of benzene rings is 1. The minimum atomic E-state index is -4.23. The molecule has 1 saturated carbocycles. The lowest BCUT2D eigenvalue weighted by Gasteiger charge is -2.30. The SMILES string of the molecule is CC(C)(C)NC(=O)OC(c1ccc(Cl)cc1)c1nc(C2CCC(C(F)(F)F)CC2)[nH]c(=O)c1Br. The summed E-state index contributed by atoms with van der Waals surface area (Å²) in [5, 5.41) is 3.18. The molecule has 1 unspecified atom stereocenters. The number of alkyl carbamates (subject to hydrolysis) is 1. The number of alkyl halides is 3. The second-order valence-corrected chi connectivity index (χ2v) is 10.7. The number of nitrogens with zero attached hydrogens (tertiary/aromatic N) is 1. The topological polar surface area (TPSA) is 84.1 Å². The number of halogens is 5. The molecule has 186 valence electrons. The van der Waals surface area contributed by atoms with E-state index in [0.29, 0.717) is 10.6 Å². The lowest BCUT2D eigenvalue weighted by atomic mass is 9.81. The minimum Gasteiger partial charge on any atom is -0.435 e. The van der Waals surface area contributed by atoms with E-state index in [9.17, 15) is 22.8 Å². The highest BCUT2D eigenvalue weighted by Crippen LogP contribution is 2.42. The van der Waals surface area contributed by atoms with Crippen molar-refractivity contribution in [2.75, 3.05) is 0 Å². The molecule has 1 atom stereocenters. The Labute approximate surface area is 208 Å². The van der Waals surface area contributed by atoms with Gasteiger partial charge in [-0.2, -0.15) is 13.2 Å². The number of carbonyl (C=O) groups is 1. The van der Waals surface area contributed by atoms with Crippen LogP contribution in [0.2, 0.25) is 5.02 Å². The number of ether oxygens (including phenoxy) is 1. The Balaban J connectivity index is 1.97. The lowest BCUT2D eigenvalue weighted by molar-refractivity contribution is -0.182. The van der Waals surface area contributed by atoms with Crippen LogP contribution >= 0.6 is 27.5 Å². The molecule has 2 aromatic rings. The first-order valence-corrected chi connectivity index (χ1v) is 12.0. The van der Waals surface area contributed by atoms with Gasteiger partial charge in [0.2, 0.25) is 0 Å². The highest BCUT2D eigenvalue weighted by Gasteiger charge is 2.42. The van der Waals surface area contributed by atoms with Crippen molar-refractivity contribution in [2.24, 2.45) is 5.92 Å². The molecule has 0 radical (unpaired) electrons. The molecule has 1 aliphatic rings. The van der Waals surface area contributed by atoms with Crippen molar-refractivity contribution in [2.45, 2.75) is 70.2 Å². The first-order valence-electron chi connectivity index (χ1n) is 10.8. The summed E-state index contributed by atoms with van der Waals surface area (Å²) < 4.78 is 45.0. The maximum atomic E-state index is 13.1. The molecule has 1 aromatic heterocycles. The number of H-pyrrole nitrogens is 1. The smallest absolute Gasteiger partial charge is 0.408 e. The Morgan fingerprint density at radius 1 is 1.18 bits per heavy atom. The second kappa shape index (κ2) is 10.3. The van der Waals surface area contributed by atoms with Crippen LogP contribution in [0.25, 0.3) is 0 Å². The van der Waals surface area contributed by atoms with Gasteiger partial charge >= 0.3 is 12.3 Å². The van der Waals surface area contributed by atoms with Crippen LogP contribution in [0.15, 0.2) is 33.5 Å². The monoisotopic (exact) mass is 563 g/mol. The maximum absolute atomic E-state index is 13.1. The van der Waals surface area contributed by atoms with Crippen molar-refractivity contribution < 1.29 is 22.7 Å². The normalized spacial score (nSPS) is 20.0. The fraction of sp³-hybridized carbons (Fsp3) is 0.522. The number of nitrogens with one attached hydrogen (secondary N) is 2. The molecule has 0 aliphatic heterocycles. The first kappa shape index (κ1) is 26.5. The molecule has 11 heteroatoms. The van der Waals surface area contributed by atoms with E-state index in [-0.39, 0.29) is 47.6 Å². The van der Waals surface area contributed by atoms with E-state index in [2.05, 4.69) is 31.2 Å². The number of carbonyl (C=O) groups excluding carboxylic acids is 1. The van der Waals surface area contributed by atoms with Crippen molar-refractivity contribution in [3.05, 3.63) is 61.2 Å². The Morgan fingerprint density at radius 3 is 2.29 bits per heavy atom. The molecule has 1 amide bonds. The van der Waals surface area contributed by atoms with Crippen LogP contribution in [0.1, 0.15) is 75.6 Å². The molecule has 1 aromatic carbocycles. The zero-order chi connectivity index (χ0) is 25.3. The molecule has 1 fully saturated rings. The van der Waals surface area contributed by atoms with Crippen molar-refractivity contribution in [3.8, 4) is 0 Å². The summed E-state index contributed by atoms with van der Waals surface area (Å²) in [6, 6.07) is 6.55. The van der Waals surface area contributed by atoms with Gasteiger partial charge in [0.05, 0.1) is 5.92 Å². The van der Waals surface area contributed by atoms with Gasteiger partial charge in [0.25, 0.3) is 5.56 Å². The summed E-state index contributed by atoms with van der Waals surface area (Å²) >= 11 is 9.25. The summed E-state index contributed by atoms with van der Waals surface area (Å²) in [4.78, 5) is 32.6. The summed E-state index contributed by atoms with van der Waals surface area (Å²) in [6.45, 7) is 5.38. The molecule has 34 heavy (non-hydrogen) atoms. The Morgan fingerprint density at radius 2 is 1.76 bits per heavy atom. The Hall–Kier alpha value is -2.07. The molecule has 1 aliphatic carbocycles. The third-order valence-electron chi connectivity index (χ3n) is 5.61. The van der Waals surface area contributed by atoms with E-state index in [1.54, 1.807) is 45.0 Å². The van der Waals surface area contributed by atoms with Crippen LogP contribution in [-0.2, 0) is 4.74 Å². The summed E-state index contributed by atoms with van der Waals surface area (Å²) in [6.07, 6.45) is -5.58. The largest absolute Gasteiger partial charge is 0.435 e. The van der Waals surface area contributed by atoms with Gasteiger partial charge in [-0.15, -0.1) is 0 Å². The predicted molar refractivity (Wildman–Crippen MR) is 126 cm³/mol. The molecular weight excluding hydrogens is 539 g/mol. The van der Waals surface area contributed by atoms with Crippen molar-refractivity contribution in [1.82, 2.24) is 15.3 Å². The molecule has 0 spiro atoms. The van der Waals surface area contributed by atoms with E-state index in [1.165, 1.54) is 0 Å². The van der Waals surface area contributed by atoms with Crippen LogP contribution in [0, 0.1) is 5.92 Å². The quantitative estimate of drug-likeness (QED) is 0.436. The third kappa shape index (κ3) is 6.75. The highest BCUT2D eigenvalue weighted by molar-refractivity contribution is 9.10. The van der Waals surface area contributed by atoms with Crippen molar-refractivity contribution in [3.63, 3.8) is 0 Å². The van der Waals surface area contributed by atoms with Gasteiger partial charge in [-0.05, 0) is 80.1 Å². The van der Waals surface area contributed by atoms with Gasteiger partial charge in [-0.3, -0.25) is 4.79 Å². The standard InChI is InChI=1S/C23H26BrClF3N3O3/c1-22(2,3)31-21(33)34-18(12-6-10-15(25)11-7-12)17-16(24)20(32)30-19(29-17)13-4-8-14(9-5-13)23(26,27)28/h6-7,10-11,13-14,18H,4-5,8-9H2,1-3H3,(H,31,33)(H,29,30,32). The molecule has 3 rings (SSSR count). The molecule has 0 bridgehead atoms. The van der Waals surface area contributed by atoms with E-state index >= 15 is 0 Å². The highest BCUT2D eigenvalue weighted by atomic mass is 79.9. The van der Waals surface area contributed by atoms with Crippen LogP contribution < -0.4 is 10.9 Å². The first-order chi connectivity index (χ1) is 15.7. The third-order valence-corrected chi connectivity index (χ3v) is 6.62. The van der Waals surface area contributed by atoms with Crippen molar-refractivity contribution >= 4 is 33.6 Å². The van der Waals surface area contributed by atoms with Gasteiger partial charge in [-0.1, -0.05) is 23.7 Å². The van der Waals surface area contributed by atoms with Crippen LogP contribution in [0.3, 0.4) is 0 Å². The number of hydrogen-bond donors (Lipinski definition) is 2. The number of aromatic nitrogens is 2. The second-order valence-electron chi connectivity index (χ2n) is 9.45. The van der Waals surface area contributed by atoms with E-state index in [1.807, 2.05) is 0 Å². The fourth-order valence-electron chi connectivity index (χ4n) is 3.92. The zero-order valence-corrected chi connectivity index (χ0v) is 21.3. The fourth-order valence-corrected chi connectivity index (χ4v) is 4.44. The number of hydrogen-bond acceptors (Lipinski definition) is 4. The lowest BCUT2D eigenvalue weighted by Crippen LogP contribution is -2.41. The van der Waals surface area contributed by atoms with E-state index < -0.39 is 35.4 Å². The van der Waals surface area contributed by atoms with E-state index in [4.69, 9.17) is 16.3 Å². The van der Waals surface area contributed by atoms with Gasteiger partial charge in [-0.25, -0.2) is 9.78 Å². The maximum Gasteiger partial charge on any atom is 0.408 e. The van der Waals surface area contributed by atoms with Gasteiger partial charge in [0.1, 0.15) is 16.0 Å². The van der Waals surface area contributed by atoms with Crippen LogP contribution in [0.4, 0.5) is 18.0 Å². The number of amides is 1. The number of aromatic amines is 1. The molecule has 2 N–H and O–H groups in total. The van der Waals surface area contributed by atoms with Crippen LogP contribution in [0.5, 0.6) is 0 Å². The zero-order valence-electron chi connectivity index (χ0n) is 18.9. The summed E-state index contributed by atoms with van der Waals surface area (Å²) in [5.74, 6) is -1.41. The van der Waals surface area contributed by atoms with E-state index in [0.717, 1.165) is 0 Å². The molecule has 6 nitrogen and oxygen atoms in total. The Bertz CT molecular complexity index is 1080. The molecule has 0 saturated heterocycles. The molecular formula is C23H26BrClF3N3O3. The van der Waals surface area contributed by atoms with Crippen LogP contribution in [-0.4, -0.2) is 27.8 Å². The van der Waals surface area contributed by atoms with Gasteiger partial charge in [0.15, 0.2) is 6.10 Å². The van der Waals surface area contributed by atoms with Gasteiger partial charge < -0.3 is 15.0 Å². The summed E-state index contributed by atoms with van der Waals surface area (Å²) in [5.41, 5.74) is -0.387. The minimum absolute atomic E-state index is 0.0334.